The van der Waals surface area contributed by atoms with Crippen molar-refractivity contribution in [2.75, 3.05) is 7.11 Å². The van der Waals surface area contributed by atoms with Gasteiger partial charge < -0.3 is 14.3 Å². The highest BCUT2D eigenvalue weighted by atomic mass is 16.5. The van der Waals surface area contributed by atoms with Crippen LogP contribution in [0.25, 0.3) is 0 Å². The number of hydrogen-bond acceptors (Lipinski definition) is 3. The molecule has 1 aromatic heterocycles. The van der Waals surface area contributed by atoms with Crippen molar-refractivity contribution >= 4 is 0 Å². The zero-order valence-corrected chi connectivity index (χ0v) is 10.9. The van der Waals surface area contributed by atoms with E-state index in [1.54, 1.807) is 13.4 Å². The summed E-state index contributed by atoms with van der Waals surface area (Å²) in [6, 6.07) is 7.82. The van der Waals surface area contributed by atoms with Gasteiger partial charge in [0.05, 0.1) is 19.5 Å². The Hall–Kier alpha value is -1.74. The van der Waals surface area contributed by atoms with E-state index in [0.29, 0.717) is 6.42 Å². The van der Waals surface area contributed by atoms with Crippen molar-refractivity contribution in [2.45, 2.75) is 26.4 Å². The maximum Gasteiger partial charge on any atom is 0.122 e. The topological polar surface area (TPSA) is 42.6 Å². The number of aryl methyl sites for hydroxylation is 2. The van der Waals surface area contributed by atoms with Crippen molar-refractivity contribution in [1.82, 2.24) is 0 Å². The van der Waals surface area contributed by atoms with Gasteiger partial charge in [-0.1, -0.05) is 17.7 Å². The Labute approximate surface area is 107 Å². The van der Waals surface area contributed by atoms with E-state index in [0.717, 1.165) is 28.2 Å². The first-order chi connectivity index (χ1) is 8.60. The van der Waals surface area contributed by atoms with Gasteiger partial charge in [0.25, 0.3) is 0 Å². The van der Waals surface area contributed by atoms with E-state index >= 15 is 0 Å². The highest BCUT2D eigenvalue weighted by molar-refractivity contribution is 5.38. The minimum absolute atomic E-state index is 0.518. The van der Waals surface area contributed by atoms with Gasteiger partial charge in [-0.15, -0.1) is 0 Å². The Bertz CT molecular complexity index is 528. The summed E-state index contributed by atoms with van der Waals surface area (Å²) in [7, 11) is 1.64. The monoisotopic (exact) mass is 246 g/mol. The summed E-state index contributed by atoms with van der Waals surface area (Å²) in [4.78, 5) is 0. The molecule has 3 heteroatoms. The highest BCUT2D eigenvalue weighted by Gasteiger charge is 2.14. The van der Waals surface area contributed by atoms with Crippen molar-refractivity contribution in [1.29, 1.82) is 0 Å². The summed E-state index contributed by atoms with van der Waals surface area (Å²) < 4.78 is 10.5. The normalized spacial score (nSPS) is 12.4. The van der Waals surface area contributed by atoms with E-state index in [-0.39, 0.29) is 0 Å². The van der Waals surface area contributed by atoms with E-state index < -0.39 is 6.10 Å². The van der Waals surface area contributed by atoms with Crippen LogP contribution in [0, 0.1) is 13.8 Å². The Morgan fingerprint density at radius 3 is 2.67 bits per heavy atom. The van der Waals surface area contributed by atoms with Crippen LogP contribution in [0.5, 0.6) is 5.75 Å². The van der Waals surface area contributed by atoms with Crippen LogP contribution in [0.2, 0.25) is 0 Å². The number of aliphatic hydroxyl groups excluding tert-OH is 1. The lowest BCUT2D eigenvalue weighted by Crippen LogP contribution is -2.02. The molecular formula is C15H18O3. The van der Waals surface area contributed by atoms with Crippen molar-refractivity contribution in [3.8, 4) is 5.75 Å². The molecule has 2 aromatic rings. The minimum Gasteiger partial charge on any atom is -0.496 e. The van der Waals surface area contributed by atoms with Gasteiger partial charge in [0.1, 0.15) is 11.5 Å². The van der Waals surface area contributed by atoms with Crippen LogP contribution >= 0.6 is 0 Å². The third kappa shape index (κ3) is 2.74. The van der Waals surface area contributed by atoms with E-state index in [2.05, 4.69) is 0 Å². The number of furan rings is 1. The molecule has 1 N–H and O–H groups in total. The molecule has 0 aliphatic carbocycles. The average molecular weight is 246 g/mol. The van der Waals surface area contributed by atoms with Crippen LogP contribution in [0.1, 0.15) is 28.6 Å². The van der Waals surface area contributed by atoms with Gasteiger partial charge in [-0.25, -0.2) is 0 Å². The standard InChI is InChI=1S/C15H18O3/c1-10-4-5-15(17-3)12(6-10)8-14(16)13-7-11(2)18-9-13/h4-7,9,14,16H,8H2,1-3H3. The second kappa shape index (κ2) is 5.27. The van der Waals surface area contributed by atoms with E-state index in [1.807, 2.05) is 38.1 Å². The van der Waals surface area contributed by atoms with E-state index in [1.165, 1.54) is 0 Å². The first kappa shape index (κ1) is 12.7. The summed E-state index contributed by atoms with van der Waals surface area (Å²) in [5.74, 6) is 1.61. The molecule has 0 fully saturated rings. The van der Waals surface area contributed by atoms with Crippen molar-refractivity contribution in [3.63, 3.8) is 0 Å². The lowest BCUT2D eigenvalue weighted by atomic mass is 10.0. The SMILES string of the molecule is COc1ccc(C)cc1CC(O)c1coc(C)c1. The van der Waals surface area contributed by atoms with Crippen LogP contribution < -0.4 is 4.74 Å². The molecule has 96 valence electrons. The zero-order valence-electron chi connectivity index (χ0n) is 10.9. The quantitative estimate of drug-likeness (QED) is 0.901. The fourth-order valence-corrected chi connectivity index (χ4v) is 2.03. The molecule has 0 radical (unpaired) electrons. The van der Waals surface area contributed by atoms with E-state index in [4.69, 9.17) is 9.15 Å². The fourth-order valence-electron chi connectivity index (χ4n) is 2.03. The summed E-state index contributed by atoms with van der Waals surface area (Å²) in [5.41, 5.74) is 2.96. The molecule has 0 spiro atoms. The van der Waals surface area contributed by atoms with Crippen LogP contribution in [-0.2, 0) is 6.42 Å². The van der Waals surface area contributed by atoms with Gasteiger partial charge in [0, 0.05) is 12.0 Å². The molecular weight excluding hydrogens is 228 g/mol. The number of rotatable bonds is 4. The Kier molecular flexibility index (Phi) is 3.72. The third-order valence-electron chi connectivity index (χ3n) is 2.98. The highest BCUT2D eigenvalue weighted by Crippen LogP contribution is 2.26. The Morgan fingerprint density at radius 2 is 2.06 bits per heavy atom. The van der Waals surface area contributed by atoms with Gasteiger partial charge >= 0.3 is 0 Å². The fraction of sp³-hybridized carbons (Fsp3) is 0.333. The number of ether oxygens (including phenoxy) is 1. The van der Waals surface area contributed by atoms with Gasteiger partial charge in [-0.2, -0.15) is 0 Å². The van der Waals surface area contributed by atoms with Crippen LogP contribution in [0.15, 0.2) is 34.9 Å². The van der Waals surface area contributed by atoms with Gasteiger partial charge in [0.15, 0.2) is 0 Å². The molecule has 1 unspecified atom stereocenters. The molecule has 1 heterocycles. The van der Waals surface area contributed by atoms with Crippen molar-refractivity contribution in [2.24, 2.45) is 0 Å². The molecule has 0 saturated heterocycles. The summed E-state index contributed by atoms with van der Waals surface area (Å²) in [6.07, 6.45) is 1.55. The number of aliphatic hydroxyl groups is 1. The largest absolute Gasteiger partial charge is 0.496 e. The van der Waals surface area contributed by atoms with Crippen LogP contribution in [-0.4, -0.2) is 12.2 Å². The third-order valence-corrected chi connectivity index (χ3v) is 2.98. The average Bonchev–Trinajstić information content (AvgIpc) is 2.76. The molecule has 1 aromatic carbocycles. The van der Waals surface area contributed by atoms with Crippen molar-refractivity contribution < 1.29 is 14.3 Å². The first-order valence-corrected chi connectivity index (χ1v) is 5.96. The van der Waals surface area contributed by atoms with Crippen LogP contribution in [0.3, 0.4) is 0 Å². The molecule has 0 saturated carbocycles. The zero-order chi connectivity index (χ0) is 13.1. The van der Waals surface area contributed by atoms with Gasteiger partial charge in [-0.05, 0) is 31.5 Å². The molecule has 3 nitrogen and oxygen atoms in total. The molecule has 18 heavy (non-hydrogen) atoms. The second-order valence-corrected chi connectivity index (χ2v) is 4.53. The number of hydrogen-bond donors (Lipinski definition) is 1. The predicted molar refractivity (Wildman–Crippen MR) is 69.8 cm³/mol. The summed E-state index contributed by atoms with van der Waals surface area (Å²) in [5, 5.41) is 10.2. The maximum atomic E-state index is 10.2. The van der Waals surface area contributed by atoms with Gasteiger partial charge in [0.2, 0.25) is 0 Å². The molecule has 0 aliphatic heterocycles. The summed E-state index contributed by atoms with van der Waals surface area (Å²) in [6.45, 7) is 3.89. The molecule has 0 amide bonds. The summed E-state index contributed by atoms with van der Waals surface area (Å²) >= 11 is 0. The smallest absolute Gasteiger partial charge is 0.122 e. The minimum atomic E-state index is -0.571. The van der Waals surface area contributed by atoms with Gasteiger partial charge in [-0.3, -0.25) is 0 Å². The lowest BCUT2D eigenvalue weighted by Gasteiger charge is -2.13. The Balaban J connectivity index is 2.20. The Morgan fingerprint density at radius 1 is 1.28 bits per heavy atom. The first-order valence-electron chi connectivity index (χ1n) is 5.96. The molecule has 0 aliphatic rings. The van der Waals surface area contributed by atoms with Crippen LogP contribution in [0.4, 0.5) is 0 Å². The maximum absolute atomic E-state index is 10.2. The number of methoxy groups -OCH3 is 1. The predicted octanol–water partition coefficient (Wildman–Crippen LogP) is 3.18. The number of benzene rings is 1. The van der Waals surface area contributed by atoms with Crippen molar-refractivity contribution in [3.05, 3.63) is 53.0 Å². The molecule has 2 rings (SSSR count). The second-order valence-electron chi connectivity index (χ2n) is 4.53. The molecule has 1 atom stereocenters. The van der Waals surface area contributed by atoms with E-state index in [9.17, 15) is 5.11 Å². The molecule has 0 bridgehead atoms. The lowest BCUT2D eigenvalue weighted by molar-refractivity contribution is 0.176.